The summed E-state index contributed by atoms with van der Waals surface area (Å²) in [4.78, 5) is 53.3. The molecule has 3 rings (SSSR count). The molecule has 0 radical (unpaired) electrons. The number of nitrogens with one attached hydrogen (secondary N) is 2. The molecule has 1 aromatic carbocycles. The van der Waals surface area contributed by atoms with Gasteiger partial charge >= 0.3 is 5.69 Å². The fourth-order valence-corrected chi connectivity index (χ4v) is 3.18. The zero-order valence-corrected chi connectivity index (χ0v) is 17.8. The van der Waals surface area contributed by atoms with Crippen molar-refractivity contribution >= 4 is 40.1 Å². The van der Waals surface area contributed by atoms with Gasteiger partial charge in [-0.25, -0.2) is 9.78 Å². The molecule has 0 atom stereocenters. The minimum absolute atomic E-state index is 0.00765. The number of hydrogen-bond donors (Lipinski definition) is 2. The Morgan fingerprint density at radius 2 is 1.84 bits per heavy atom. The number of pyridine rings is 1. The van der Waals surface area contributed by atoms with E-state index >= 15 is 0 Å². The summed E-state index contributed by atoms with van der Waals surface area (Å²) >= 11 is 6.18. The van der Waals surface area contributed by atoms with Crippen LogP contribution in [0.2, 0.25) is 5.02 Å². The van der Waals surface area contributed by atoms with Gasteiger partial charge in [-0.2, -0.15) is 0 Å². The summed E-state index contributed by atoms with van der Waals surface area (Å²) < 4.78 is 7.04. The van der Waals surface area contributed by atoms with Gasteiger partial charge in [-0.3, -0.25) is 23.5 Å². The van der Waals surface area contributed by atoms with Crippen molar-refractivity contribution in [2.45, 2.75) is 0 Å². The zero-order chi connectivity index (χ0) is 22.7. The maximum absolute atomic E-state index is 12.6. The lowest BCUT2D eigenvalue weighted by Gasteiger charge is -2.10. The van der Waals surface area contributed by atoms with Crippen LogP contribution in [-0.2, 0) is 18.8 Å². The van der Waals surface area contributed by atoms with E-state index in [1.807, 2.05) is 0 Å². The number of ether oxygens (including phenoxy) is 1. The molecule has 2 N–H and O–H groups in total. The first-order valence-corrected chi connectivity index (χ1v) is 9.57. The Labute approximate surface area is 181 Å². The highest BCUT2D eigenvalue weighted by Gasteiger charge is 2.15. The highest BCUT2D eigenvalue weighted by atomic mass is 35.5. The van der Waals surface area contributed by atoms with E-state index in [1.165, 1.54) is 56.1 Å². The third kappa shape index (κ3) is 4.49. The molecule has 31 heavy (non-hydrogen) atoms. The SMILES string of the molecule is COCCNC(=O)c1ccc(NC(=O)c2ccc3c(=O)n(C)c(=O)n(C)c3n2)cc1Cl. The molecule has 11 heteroatoms. The van der Waals surface area contributed by atoms with Crippen molar-refractivity contribution < 1.29 is 14.3 Å². The number of benzene rings is 1. The second kappa shape index (κ2) is 9.11. The van der Waals surface area contributed by atoms with Crippen molar-refractivity contribution in [3.8, 4) is 0 Å². The molecule has 0 unspecified atom stereocenters. The quantitative estimate of drug-likeness (QED) is 0.543. The smallest absolute Gasteiger partial charge is 0.332 e. The number of aromatic nitrogens is 3. The van der Waals surface area contributed by atoms with Gasteiger partial charge < -0.3 is 15.4 Å². The topological polar surface area (TPSA) is 124 Å². The summed E-state index contributed by atoms with van der Waals surface area (Å²) in [6.07, 6.45) is 0. The minimum Gasteiger partial charge on any atom is -0.383 e. The second-order valence-corrected chi connectivity index (χ2v) is 7.08. The number of aryl methyl sites for hydroxylation is 1. The van der Waals surface area contributed by atoms with Crippen LogP contribution in [0.5, 0.6) is 0 Å². The van der Waals surface area contributed by atoms with E-state index in [0.717, 1.165) is 4.57 Å². The van der Waals surface area contributed by atoms with Crippen molar-refractivity contribution in [1.82, 2.24) is 19.4 Å². The monoisotopic (exact) mass is 445 g/mol. The second-order valence-electron chi connectivity index (χ2n) is 6.67. The van der Waals surface area contributed by atoms with Gasteiger partial charge in [0.2, 0.25) is 0 Å². The number of hydrogen-bond acceptors (Lipinski definition) is 6. The van der Waals surface area contributed by atoms with Gasteiger partial charge in [0.05, 0.1) is 22.6 Å². The highest BCUT2D eigenvalue weighted by molar-refractivity contribution is 6.34. The predicted molar refractivity (Wildman–Crippen MR) is 116 cm³/mol. The van der Waals surface area contributed by atoms with Crippen LogP contribution in [0.25, 0.3) is 11.0 Å². The molecule has 0 saturated heterocycles. The van der Waals surface area contributed by atoms with E-state index in [9.17, 15) is 19.2 Å². The van der Waals surface area contributed by atoms with E-state index in [0.29, 0.717) is 18.8 Å². The average Bonchev–Trinajstić information content (AvgIpc) is 2.76. The zero-order valence-electron chi connectivity index (χ0n) is 17.1. The first kappa shape index (κ1) is 22.2. The van der Waals surface area contributed by atoms with Gasteiger partial charge in [0.1, 0.15) is 11.3 Å². The molecule has 2 aromatic heterocycles. The Balaban J connectivity index is 1.84. The molecule has 10 nitrogen and oxygen atoms in total. The first-order chi connectivity index (χ1) is 14.7. The molecule has 162 valence electrons. The fourth-order valence-electron chi connectivity index (χ4n) is 2.91. The molecule has 0 fully saturated rings. The number of methoxy groups -OCH3 is 1. The Morgan fingerprint density at radius 1 is 1.10 bits per heavy atom. The standard InChI is InChI=1S/C20H20ClN5O5/c1-25-16-13(19(29)26(2)20(25)30)6-7-15(24-16)18(28)23-11-4-5-12(14(21)10-11)17(27)22-8-9-31-3/h4-7,10H,8-9H2,1-3H3,(H,22,27)(H,23,28). The fraction of sp³-hybridized carbons (Fsp3) is 0.250. The lowest BCUT2D eigenvalue weighted by atomic mass is 10.2. The minimum atomic E-state index is -0.566. The number of amides is 2. The molecule has 0 saturated carbocycles. The van der Waals surface area contributed by atoms with Crippen LogP contribution in [0, 0.1) is 0 Å². The van der Waals surface area contributed by atoms with Crippen LogP contribution in [0.15, 0.2) is 39.9 Å². The van der Waals surface area contributed by atoms with Crippen LogP contribution < -0.4 is 21.9 Å². The van der Waals surface area contributed by atoms with E-state index < -0.39 is 17.2 Å². The maximum atomic E-state index is 12.6. The summed E-state index contributed by atoms with van der Waals surface area (Å²) in [7, 11) is 4.37. The van der Waals surface area contributed by atoms with Gasteiger partial charge in [-0.05, 0) is 30.3 Å². The number of rotatable bonds is 6. The van der Waals surface area contributed by atoms with Crippen LogP contribution in [0.3, 0.4) is 0 Å². The predicted octanol–water partition coefficient (Wildman–Crippen LogP) is 0.914. The largest absolute Gasteiger partial charge is 0.383 e. The number of nitrogens with zero attached hydrogens (tertiary/aromatic N) is 3. The summed E-state index contributed by atoms with van der Waals surface area (Å²) in [5.74, 6) is -0.929. The molecule has 2 heterocycles. The maximum Gasteiger partial charge on any atom is 0.332 e. The highest BCUT2D eigenvalue weighted by Crippen LogP contribution is 2.21. The van der Waals surface area contributed by atoms with E-state index in [2.05, 4.69) is 15.6 Å². The van der Waals surface area contributed by atoms with Crippen LogP contribution in [0.1, 0.15) is 20.8 Å². The molecule has 0 aliphatic rings. The van der Waals surface area contributed by atoms with Crippen molar-refractivity contribution in [1.29, 1.82) is 0 Å². The number of carbonyl (C=O) groups excluding carboxylic acids is 2. The summed E-state index contributed by atoms with van der Waals surface area (Å²) in [5.41, 5.74) is -0.332. The van der Waals surface area contributed by atoms with Crippen molar-refractivity contribution in [3.05, 3.63) is 67.4 Å². The van der Waals surface area contributed by atoms with Crippen LogP contribution >= 0.6 is 11.6 Å². The first-order valence-electron chi connectivity index (χ1n) is 9.19. The van der Waals surface area contributed by atoms with Crippen LogP contribution in [0.4, 0.5) is 5.69 Å². The van der Waals surface area contributed by atoms with E-state index in [4.69, 9.17) is 16.3 Å². The number of halogens is 1. The Morgan fingerprint density at radius 3 is 2.52 bits per heavy atom. The van der Waals surface area contributed by atoms with E-state index in [1.54, 1.807) is 0 Å². The molecule has 0 aliphatic carbocycles. The van der Waals surface area contributed by atoms with Crippen molar-refractivity contribution in [2.24, 2.45) is 14.1 Å². The molecule has 0 bridgehead atoms. The number of fused-ring (bicyclic) bond motifs is 1. The van der Waals surface area contributed by atoms with Gasteiger partial charge in [0.15, 0.2) is 0 Å². The van der Waals surface area contributed by atoms with Crippen molar-refractivity contribution in [2.75, 3.05) is 25.6 Å². The molecule has 2 amide bonds. The Bertz CT molecular complexity index is 1300. The summed E-state index contributed by atoms with van der Waals surface area (Å²) in [6, 6.07) is 7.29. The molecular weight excluding hydrogens is 426 g/mol. The van der Waals surface area contributed by atoms with Crippen molar-refractivity contribution in [3.63, 3.8) is 0 Å². The average molecular weight is 446 g/mol. The molecule has 0 aliphatic heterocycles. The molecular formula is C20H20ClN5O5. The summed E-state index contributed by atoms with van der Waals surface area (Å²) in [6.45, 7) is 0.706. The Kier molecular flexibility index (Phi) is 6.52. The van der Waals surface area contributed by atoms with Gasteiger partial charge in [-0.1, -0.05) is 11.6 Å². The normalized spacial score (nSPS) is 10.8. The molecule has 0 spiro atoms. The number of anilines is 1. The van der Waals surface area contributed by atoms with Gasteiger partial charge in [-0.15, -0.1) is 0 Å². The lowest BCUT2D eigenvalue weighted by Crippen LogP contribution is -2.37. The van der Waals surface area contributed by atoms with Crippen LogP contribution in [-0.4, -0.2) is 46.2 Å². The number of carbonyl (C=O) groups is 2. The van der Waals surface area contributed by atoms with Gasteiger partial charge in [0.25, 0.3) is 17.4 Å². The third-order valence-corrected chi connectivity index (χ3v) is 4.91. The van der Waals surface area contributed by atoms with Gasteiger partial charge in [0, 0.05) is 33.4 Å². The van der Waals surface area contributed by atoms with E-state index in [-0.39, 0.29) is 33.2 Å². The third-order valence-electron chi connectivity index (χ3n) is 4.60. The lowest BCUT2D eigenvalue weighted by molar-refractivity contribution is 0.0936. The Hall–Kier alpha value is -3.50. The molecule has 3 aromatic rings. The summed E-state index contributed by atoms with van der Waals surface area (Å²) in [5, 5.41) is 5.67.